The number of allylic oxidation sites excluding steroid dienone is 1. The lowest BCUT2D eigenvalue weighted by Gasteiger charge is -2.59. The number of aryl methyl sites for hydroxylation is 2. The molecule has 4 saturated carbocycles. The van der Waals surface area contributed by atoms with Crippen LogP contribution in [0.3, 0.4) is 0 Å². The van der Waals surface area contributed by atoms with Crippen LogP contribution in [0, 0.1) is 48.3 Å². The summed E-state index contributed by atoms with van der Waals surface area (Å²) >= 11 is 0. The maximum atomic E-state index is 13.6. The van der Waals surface area contributed by atoms with Crippen molar-refractivity contribution in [3.63, 3.8) is 0 Å². The predicted octanol–water partition coefficient (Wildman–Crippen LogP) is 5.00. The van der Waals surface area contributed by atoms with E-state index in [2.05, 4.69) is 31.9 Å². The number of carbonyl (C=O) groups excluding carboxylic acids is 1. The van der Waals surface area contributed by atoms with Crippen molar-refractivity contribution in [1.82, 2.24) is 9.78 Å². The number of rotatable bonds is 1. The number of aliphatic hydroxyl groups is 1. The molecule has 4 aliphatic carbocycles. The largest absolute Gasteiger partial charge is 0.393 e. The minimum atomic E-state index is -0.186. The van der Waals surface area contributed by atoms with Crippen molar-refractivity contribution in [3.05, 3.63) is 22.5 Å². The SMILES string of the molecule is Cc1nn(C)c(C)c1/C=C1\CC2C3CCC4CC(O)CCC4(C)C3CCC2(C)C1=O. The Bertz CT molecular complexity index is 914. The van der Waals surface area contributed by atoms with Gasteiger partial charge in [-0.15, -0.1) is 0 Å². The van der Waals surface area contributed by atoms with Crippen molar-refractivity contribution < 1.29 is 9.90 Å². The fourth-order valence-electron chi connectivity index (χ4n) is 8.21. The second-order valence-electron chi connectivity index (χ2n) is 11.5. The standard InChI is InChI=1S/C26H38N2O2/c1-15-21(16(2)28(5)27-15)12-17-13-23-20-7-6-18-14-19(29)8-10-25(18,3)22(20)9-11-26(23,4)24(17)30/h12,18-20,22-23,29H,6-11,13-14H2,1-5H3/b17-12+. The van der Waals surface area contributed by atoms with Crippen LogP contribution in [0.2, 0.25) is 0 Å². The molecule has 0 aliphatic heterocycles. The maximum Gasteiger partial charge on any atom is 0.165 e. The first-order valence-corrected chi connectivity index (χ1v) is 12.1. The highest BCUT2D eigenvalue weighted by Gasteiger charge is 2.61. The van der Waals surface area contributed by atoms with E-state index >= 15 is 0 Å². The first kappa shape index (κ1) is 20.5. The van der Waals surface area contributed by atoms with Gasteiger partial charge in [0.25, 0.3) is 0 Å². The minimum Gasteiger partial charge on any atom is -0.393 e. The average molecular weight is 411 g/mol. The zero-order valence-corrected chi connectivity index (χ0v) is 19.4. The molecule has 1 heterocycles. The van der Waals surface area contributed by atoms with Crippen LogP contribution in [0.1, 0.15) is 82.2 Å². The van der Waals surface area contributed by atoms with Gasteiger partial charge < -0.3 is 5.11 Å². The summed E-state index contributed by atoms with van der Waals surface area (Å²) in [5.74, 6) is 2.93. The molecule has 4 nitrogen and oxygen atoms in total. The van der Waals surface area contributed by atoms with Gasteiger partial charge in [-0.3, -0.25) is 9.48 Å². The molecule has 0 saturated heterocycles. The zero-order valence-electron chi connectivity index (χ0n) is 19.4. The van der Waals surface area contributed by atoms with E-state index in [1.807, 2.05) is 18.7 Å². The summed E-state index contributed by atoms with van der Waals surface area (Å²) in [6.07, 6.45) is 10.8. The van der Waals surface area contributed by atoms with E-state index in [0.717, 1.165) is 60.5 Å². The van der Waals surface area contributed by atoms with E-state index in [4.69, 9.17) is 0 Å². The Labute approximate surface area is 181 Å². The summed E-state index contributed by atoms with van der Waals surface area (Å²) in [7, 11) is 1.98. The second kappa shape index (κ2) is 6.79. The van der Waals surface area contributed by atoms with Gasteiger partial charge in [0, 0.05) is 23.7 Å². The monoisotopic (exact) mass is 410 g/mol. The van der Waals surface area contributed by atoms with Gasteiger partial charge in [-0.2, -0.15) is 5.10 Å². The van der Waals surface area contributed by atoms with E-state index in [1.165, 1.54) is 19.3 Å². The van der Waals surface area contributed by atoms with Gasteiger partial charge in [0.2, 0.25) is 0 Å². The third-order valence-electron chi connectivity index (χ3n) is 10.2. The van der Waals surface area contributed by atoms with E-state index < -0.39 is 0 Å². The van der Waals surface area contributed by atoms with Crippen LogP contribution in [0.5, 0.6) is 0 Å². The normalized spacial score (nSPS) is 44.7. The molecule has 4 heteroatoms. The van der Waals surface area contributed by atoms with Crippen LogP contribution in [-0.4, -0.2) is 26.8 Å². The van der Waals surface area contributed by atoms with Gasteiger partial charge >= 0.3 is 0 Å². The topological polar surface area (TPSA) is 55.1 Å². The average Bonchev–Trinajstić information content (AvgIpc) is 3.10. The summed E-state index contributed by atoms with van der Waals surface area (Å²) in [4.78, 5) is 13.6. The molecule has 4 aliphatic rings. The number of aromatic nitrogens is 2. The number of nitrogens with zero attached hydrogens (tertiary/aromatic N) is 2. The Hall–Kier alpha value is -1.42. The smallest absolute Gasteiger partial charge is 0.165 e. The molecule has 1 N–H and O–H groups in total. The van der Waals surface area contributed by atoms with Gasteiger partial charge in [-0.25, -0.2) is 0 Å². The van der Waals surface area contributed by atoms with Crippen LogP contribution in [0.15, 0.2) is 5.57 Å². The van der Waals surface area contributed by atoms with Crippen molar-refractivity contribution in [1.29, 1.82) is 0 Å². The number of carbonyl (C=O) groups is 1. The summed E-state index contributed by atoms with van der Waals surface area (Å²) in [6, 6.07) is 0. The first-order chi connectivity index (χ1) is 14.1. The minimum absolute atomic E-state index is 0.0953. The molecule has 164 valence electrons. The van der Waals surface area contributed by atoms with E-state index in [1.54, 1.807) is 0 Å². The Morgan fingerprint density at radius 2 is 1.87 bits per heavy atom. The highest BCUT2D eigenvalue weighted by atomic mass is 16.3. The molecule has 0 aromatic carbocycles. The van der Waals surface area contributed by atoms with E-state index in [0.29, 0.717) is 29.0 Å². The van der Waals surface area contributed by atoms with Crippen molar-refractivity contribution in [2.24, 2.45) is 41.5 Å². The van der Waals surface area contributed by atoms with Gasteiger partial charge in [0.15, 0.2) is 5.78 Å². The lowest BCUT2D eigenvalue weighted by Crippen LogP contribution is -2.54. The predicted molar refractivity (Wildman–Crippen MR) is 119 cm³/mol. The molecule has 0 amide bonds. The highest BCUT2D eigenvalue weighted by Crippen LogP contribution is 2.66. The number of fused-ring (bicyclic) bond motifs is 5. The van der Waals surface area contributed by atoms with Crippen molar-refractivity contribution in [2.45, 2.75) is 85.2 Å². The molecule has 7 unspecified atom stereocenters. The first-order valence-electron chi connectivity index (χ1n) is 12.1. The Kier molecular flexibility index (Phi) is 4.63. The number of hydrogen-bond acceptors (Lipinski definition) is 3. The molecular formula is C26H38N2O2. The molecule has 4 fully saturated rings. The number of Topliss-reactive ketones (excluding diaryl/α,β-unsaturated/α-hetero) is 1. The number of hydrogen-bond donors (Lipinski definition) is 1. The van der Waals surface area contributed by atoms with Crippen LogP contribution in [-0.2, 0) is 11.8 Å². The molecule has 0 radical (unpaired) electrons. The summed E-state index contributed by atoms with van der Waals surface area (Å²) in [5, 5.41) is 14.8. The quantitative estimate of drug-likeness (QED) is 0.663. The highest BCUT2D eigenvalue weighted by molar-refractivity contribution is 6.06. The van der Waals surface area contributed by atoms with Crippen LogP contribution < -0.4 is 0 Å². The molecule has 5 rings (SSSR count). The van der Waals surface area contributed by atoms with Gasteiger partial charge in [0.05, 0.1) is 11.8 Å². The number of ketones is 1. The van der Waals surface area contributed by atoms with Gasteiger partial charge in [0.1, 0.15) is 0 Å². The fourth-order valence-corrected chi connectivity index (χ4v) is 8.21. The third-order valence-corrected chi connectivity index (χ3v) is 10.2. The van der Waals surface area contributed by atoms with Crippen LogP contribution >= 0.6 is 0 Å². The van der Waals surface area contributed by atoms with E-state index in [9.17, 15) is 9.90 Å². The summed E-state index contributed by atoms with van der Waals surface area (Å²) < 4.78 is 1.92. The fraction of sp³-hybridized carbons (Fsp3) is 0.769. The molecule has 0 bridgehead atoms. The maximum absolute atomic E-state index is 13.6. The van der Waals surface area contributed by atoms with Crippen molar-refractivity contribution >= 4 is 11.9 Å². The summed E-state index contributed by atoms with van der Waals surface area (Å²) in [6.45, 7) is 8.91. The zero-order chi connectivity index (χ0) is 21.4. The number of aliphatic hydroxyl groups excluding tert-OH is 1. The van der Waals surface area contributed by atoms with Crippen molar-refractivity contribution in [2.75, 3.05) is 0 Å². The van der Waals surface area contributed by atoms with Crippen LogP contribution in [0.25, 0.3) is 6.08 Å². The lowest BCUT2D eigenvalue weighted by molar-refractivity contribution is -0.141. The van der Waals surface area contributed by atoms with Gasteiger partial charge in [-0.05, 0) is 106 Å². The molecule has 0 spiro atoms. The molecule has 30 heavy (non-hydrogen) atoms. The molecule has 7 atom stereocenters. The van der Waals surface area contributed by atoms with Crippen LogP contribution in [0.4, 0.5) is 0 Å². The Balaban J connectivity index is 1.47. The molecule has 1 aromatic heterocycles. The van der Waals surface area contributed by atoms with Crippen molar-refractivity contribution in [3.8, 4) is 0 Å². The molecule has 1 aromatic rings. The third kappa shape index (κ3) is 2.75. The Morgan fingerprint density at radius 1 is 1.10 bits per heavy atom. The van der Waals surface area contributed by atoms with E-state index in [-0.39, 0.29) is 11.5 Å². The summed E-state index contributed by atoms with van der Waals surface area (Å²) in [5.41, 5.74) is 4.50. The molecular weight excluding hydrogens is 372 g/mol. The second-order valence-corrected chi connectivity index (χ2v) is 11.5. The van der Waals surface area contributed by atoms with Gasteiger partial charge in [-0.1, -0.05) is 13.8 Å². The Morgan fingerprint density at radius 3 is 2.57 bits per heavy atom. The lowest BCUT2D eigenvalue weighted by atomic mass is 9.45.